The SMILES string of the molecule is CCN1CCCC1CN=C(N)NCCNC(=O)c1ccc(Cl)cc1.I. The average Bonchev–Trinajstić information content (AvgIpc) is 3.05. The predicted octanol–water partition coefficient (Wildman–Crippen LogP) is 2.08. The number of benzene rings is 1. The van der Waals surface area contributed by atoms with Gasteiger partial charge in [0.25, 0.3) is 5.91 Å². The monoisotopic (exact) mass is 479 g/mol. The van der Waals surface area contributed by atoms with Crippen LogP contribution in [0.4, 0.5) is 0 Å². The van der Waals surface area contributed by atoms with E-state index in [-0.39, 0.29) is 29.9 Å². The molecule has 0 bridgehead atoms. The van der Waals surface area contributed by atoms with E-state index in [4.69, 9.17) is 17.3 Å². The molecule has 0 saturated carbocycles. The van der Waals surface area contributed by atoms with Gasteiger partial charge < -0.3 is 16.4 Å². The maximum atomic E-state index is 11.9. The third-order valence-electron chi connectivity index (χ3n) is 4.20. The van der Waals surface area contributed by atoms with Crippen molar-refractivity contribution < 1.29 is 4.79 Å². The first-order valence-electron chi connectivity index (χ1n) is 8.41. The number of nitrogens with two attached hydrogens (primary N) is 1. The molecule has 1 aromatic rings. The minimum Gasteiger partial charge on any atom is -0.370 e. The van der Waals surface area contributed by atoms with Crippen molar-refractivity contribution in [3.05, 3.63) is 34.9 Å². The lowest BCUT2D eigenvalue weighted by molar-refractivity contribution is 0.0954. The predicted molar refractivity (Wildman–Crippen MR) is 114 cm³/mol. The summed E-state index contributed by atoms with van der Waals surface area (Å²) >= 11 is 5.80. The van der Waals surface area contributed by atoms with Gasteiger partial charge in [-0.25, -0.2) is 0 Å². The minimum absolute atomic E-state index is 0. The number of rotatable bonds is 7. The molecule has 6 nitrogen and oxygen atoms in total. The standard InChI is InChI=1S/C17H26ClN5O.HI/c1-2-23-11-3-4-15(23)12-22-17(19)21-10-9-20-16(24)13-5-7-14(18)8-6-13;/h5-8,15H,2-4,9-12H2,1H3,(H,20,24)(H3,19,21,22);1H. The second-order valence-electron chi connectivity index (χ2n) is 5.84. The van der Waals surface area contributed by atoms with Crippen LogP contribution >= 0.6 is 35.6 Å². The van der Waals surface area contributed by atoms with E-state index >= 15 is 0 Å². The molecule has 1 heterocycles. The lowest BCUT2D eigenvalue weighted by Crippen LogP contribution is -2.39. The third kappa shape index (κ3) is 7.37. The highest BCUT2D eigenvalue weighted by molar-refractivity contribution is 14.0. The van der Waals surface area contributed by atoms with Crippen LogP contribution < -0.4 is 16.4 Å². The lowest BCUT2D eigenvalue weighted by Gasteiger charge is -2.20. The van der Waals surface area contributed by atoms with Gasteiger partial charge in [0.05, 0.1) is 6.54 Å². The Bertz CT molecular complexity index is 567. The first kappa shape index (κ1) is 22.0. The first-order valence-corrected chi connectivity index (χ1v) is 8.79. The Morgan fingerprint density at radius 2 is 2.00 bits per heavy atom. The number of guanidine groups is 1. The number of carbonyl (C=O) groups excluding carboxylic acids is 1. The fourth-order valence-electron chi connectivity index (χ4n) is 2.85. The topological polar surface area (TPSA) is 82.8 Å². The number of hydrogen-bond donors (Lipinski definition) is 3. The summed E-state index contributed by atoms with van der Waals surface area (Å²) in [5.41, 5.74) is 6.46. The van der Waals surface area contributed by atoms with Gasteiger partial charge in [0, 0.05) is 29.7 Å². The van der Waals surface area contributed by atoms with Crippen LogP contribution in [0.5, 0.6) is 0 Å². The van der Waals surface area contributed by atoms with E-state index in [1.165, 1.54) is 12.8 Å². The number of nitrogens with one attached hydrogen (secondary N) is 2. The van der Waals surface area contributed by atoms with Crippen LogP contribution in [0, 0.1) is 0 Å². The molecule has 1 aliphatic rings. The van der Waals surface area contributed by atoms with Crippen LogP contribution in [0.3, 0.4) is 0 Å². The van der Waals surface area contributed by atoms with Crippen LogP contribution in [-0.4, -0.2) is 55.5 Å². The molecule has 0 aromatic heterocycles. The highest BCUT2D eigenvalue weighted by Gasteiger charge is 2.22. The Labute approximate surface area is 171 Å². The van der Waals surface area contributed by atoms with Crippen molar-refractivity contribution in [2.75, 3.05) is 32.7 Å². The fourth-order valence-corrected chi connectivity index (χ4v) is 2.97. The number of likely N-dealkylation sites (N-methyl/N-ethyl adjacent to an activating group) is 1. The lowest BCUT2D eigenvalue weighted by atomic mass is 10.2. The molecule has 0 spiro atoms. The van der Waals surface area contributed by atoms with Gasteiger partial charge in [-0.05, 0) is 50.2 Å². The second-order valence-corrected chi connectivity index (χ2v) is 6.28. The number of carbonyl (C=O) groups is 1. The molecular weight excluding hydrogens is 453 g/mol. The maximum absolute atomic E-state index is 11.9. The van der Waals surface area contributed by atoms with Gasteiger partial charge in [-0.15, -0.1) is 24.0 Å². The molecule has 1 saturated heterocycles. The van der Waals surface area contributed by atoms with E-state index in [9.17, 15) is 4.79 Å². The Morgan fingerprint density at radius 3 is 2.68 bits per heavy atom. The summed E-state index contributed by atoms with van der Waals surface area (Å²) in [6, 6.07) is 7.29. The first-order chi connectivity index (χ1) is 11.6. The zero-order valence-corrected chi connectivity index (χ0v) is 17.6. The molecule has 1 amide bonds. The number of aliphatic imine (C=N–C) groups is 1. The fraction of sp³-hybridized carbons (Fsp3) is 0.529. The van der Waals surface area contributed by atoms with Crippen LogP contribution in [0.25, 0.3) is 0 Å². The van der Waals surface area contributed by atoms with Gasteiger partial charge in [0.2, 0.25) is 0 Å². The summed E-state index contributed by atoms with van der Waals surface area (Å²) < 4.78 is 0. The summed E-state index contributed by atoms with van der Waals surface area (Å²) in [7, 11) is 0. The number of halogens is 2. The summed E-state index contributed by atoms with van der Waals surface area (Å²) in [5, 5.41) is 6.46. The molecule has 1 unspecified atom stereocenters. The van der Waals surface area contributed by atoms with E-state index in [0.717, 1.165) is 19.6 Å². The zero-order valence-electron chi connectivity index (χ0n) is 14.5. The van der Waals surface area contributed by atoms with Gasteiger partial charge in [-0.1, -0.05) is 18.5 Å². The van der Waals surface area contributed by atoms with Crippen molar-refractivity contribution in [3.8, 4) is 0 Å². The largest absolute Gasteiger partial charge is 0.370 e. The van der Waals surface area contributed by atoms with Crippen molar-refractivity contribution in [2.45, 2.75) is 25.8 Å². The highest BCUT2D eigenvalue weighted by atomic mass is 127. The molecule has 0 radical (unpaired) electrons. The van der Waals surface area contributed by atoms with Gasteiger partial charge in [0.1, 0.15) is 0 Å². The van der Waals surface area contributed by atoms with Gasteiger partial charge in [0.15, 0.2) is 5.96 Å². The molecule has 25 heavy (non-hydrogen) atoms. The molecule has 4 N–H and O–H groups in total. The number of hydrogen-bond acceptors (Lipinski definition) is 3. The van der Waals surface area contributed by atoms with Crippen molar-refractivity contribution in [1.29, 1.82) is 0 Å². The Hall–Kier alpha value is -1.06. The summed E-state index contributed by atoms with van der Waals surface area (Å²) in [4.78, 5) is 18.8. The van der Waals surface area contributed by atoms with E-state index in [0.29, 0.717) is 35.7 Å². The normalized spacial score (nSPS) is 17.8. The molecule has 2 rings (SSSR count). The Morgan fingerprint density at radius 1 is 1.32 bits per heavy atom. The van der Waals surface area contributed by atoms with Crippen LogP contribution in [0.2, 0.25) is 5.02 Å². The van der Waals surface area contributed by atoms with Crippen LogP contribution in [-0.2, 0) is 0 Å². The number of nitrogens with zero attached hydrogens (tertiary/aromatic N) is 2. The maximum Gasteiger partial charge on any atom is 0.251 e. The Kier molecular flexibility index (Phi) is 10.1. The van der Waals surface area contributed by atoms with Crippen LogP contribution in [0.1, 0.15) is 30.1 Å². The third-order valence-corrected chi connectivity index (χ3v) is 4.45. The molecular formula is C17H27ClIN5O. The average molecular weight is 480 g/mol. The van der Waals surface area contributed by atoms with Gasteiger partial charge in [-0.2, -0.15) is 0 Å². The number of amides is 1. The molecule has 1 fully saturated rings. The highest BCUT2D eigenvalue weighted by Crippen LogP contribution is 2.16. The zero-order chi connectivity index (χ0) is 17.4. The Balaban J connectivity index is 0.00000312. The molecule has 140 valence electrons. The summed E-state index contributed by atoms with van der Waals surface area (Å²) in [5.74, 6) is 0.298. The molecule has 1 atom stereocenters. The molecule has 0 aliphatic carbocycles. The van der Waals surface area contributed by atoms with E-state index in [1.807, 2.05) is 0 Å². The van der Waals surface area contributed by atoms with E-state index < -0.39 is 0 Å². The second kappa shape index (κ2) is 11.5. The van der Waals surface area contributed by atoms with Crippen molar-refractivity contribution in [1.82, 2.24) is 15.5 Å². The van der Waals surface area contributed by atoms with Crippen molar-refractivity contribution in [3.63, 3.8) is 0 Å². The minimum atomic E-state index is -0.131. The summed E-state index contributed by atoms with van der Waals surface area (Å²) in [6.07, 6.45) is 2.42. The van der Waals surface area contributed by atoms with Crippen molar-refractivity contribution >= 4 is 47.4 Å². The molecule has 1 aliphatic heterocycles. The summed E-state index contributed by atoms with van der Waals surface area (Å²) in [6.45, 7) is 6.13. The van der Waals surface area contributed by atoms with E-state index in [1.54, 1.807) is 24.3 Å². The molecule has 8 heteroatoms. The quantitative estimate of drug-likeness (QED) is 0.242. The molecule has 1 aromatic carbocycles. The van der Waals surface area contributed by atoms with E-state index in [2.05, 4.69) is 27.4 Å². The van der Waals surface area contributed by atoms with Crippen molar-refractivity contribution in [2.24, 2.45) is 10.7 Å². The van der Waals surface area contributed by atoms with Gasteiger partial charge in [-0.3, -0.25) is 14.7 Å². The van der Waals surface area contributed by atoms with Gasteiger partial charge >= 0.3 is 0 Å². The number of likely N-dealkylation sites (tertiary alicyclic amines) is 1. The smallest absolute Gasteiger partial charge is 0.251 e. The van der Waals surface area contributed by atoms with Crippen LogP contribution in [0.15, 0.2) is 29.3 Å².